The second-order valence-electron chi connectivity index (χ2n) is 9.00. The standard InChI is InChI=1S/C28H26N6O2/c1-19-18-32(15-16-33(19)27(35)20-9-4-3-5-10-20)28-29-24-14-7-6-13-23(24)26-31-30-25(34(26)28)21-11-8-12-22(17-21)36-2/h3-14,17,19H,15-16,18H2,1-2H3. The van der Waals surface area contributed by atoms with Crippen molar-refractivity contribution < 1.29 is 9.53 Å². The summed E-state index contributed by atoms with van der Waals surface area (Å²) in [5.74, 6) is 2.28. The number of methoxy groups -OCH3 is 1. The monoisotopic (exact) mass is 478 g/mol. The predicted octanol–water partition coefficient (Wildman–Crippen LogP) is 4.30. The first-order chi connectivity index (χ1) is 17.6. The maximum absolute atomic E-state index is 13.2. The van der Waals surface area contributed by atoms with Crippen LogP contribution in [0.15, 0.2) is 78.9 Å². The van der Waals surface area contributed by atoms with Crippen LogP contribution in [0.3, 0.4) is 0 Å². The Hall–Kier alpha value is -4.46. The summed E-state index contributed by atoms with van der Waals surface area (Å²) in [6.07, 6.45) is 0. The minimum atomic E-state index is 0.00604. The minimum Gasteiger partial charge on any atom is -0.497 e. The number of carbonyl (C=O) groups is 1. The molecular weight excluding hydrogens is 452 g/mol. The number of rotatable bonds is 4. The largest absolute Gasteiger partial charge is 0.497 e. The minimum absolute atomic E-state index is 0.00604. The summed E-state index contributed by atoms with van der Waals surface area (Å²) in [4.78, 5) is 22.4. The van der Waals surface area contributed by atoms with Gasteiger partial charge in [-0.05, 0) is 43.3 Å². The van der Waals surface area contributed by atoms with Crippen molar-refractivity contribution in [3.8, 4) is 17.1 Å². The molecule has 1 atom stereocenters. The van der Waals surface area contributed by atoms with Crippen LogP contribution in [-0.4, -0.2) is 63.2 Å². The van der Waals surface area contributed by atoms with Gasteiger partial charge >= 0.3 is 0 Å². The Kier molecular flexibility index (Phi) is 5.48. The third kappa shape index (κ3) is 3.71. The molecule has 1 aliphatic heterocycles. The van der Waals surface area contributed by atoms with Crippen LogP contribution in [0.25, 0.3) is 27.9 Å². The maximum Gasteiger partial charge on any atom is 0.254 e. The summed E-state index contributed by atoms with van der Waals surface area (Å²) in [6.45, 7) is 3.98. The molecule has 1 fully saturated rings. The second-order valence-corrected chi connectivity index (χ2v) is 9.00. The lowest BCUT2D eigenvalue weighted by atomic mass is 10.1. The third-order valence-electron chi connectivity index (χ3n) is 6.75. The normalized spacial score (nSPS) is 16.0. The molecule has 0 bridgehead atoms. The molecule has 0 aliphatic carbocycles. The van der Waals surface area contributed by atoms with Gasteiger partial charge in [0.15, 0.2) is 11.5 Å². The van der Waals surface area contributed by atoms with Crippen molar-refractivity contribution in [2.24, 2.45) is 0 Å². The SMILES string of the molecule is COc1cccc(-c2nnc3c4ccccc4nc(N4CCN(C(=O)c5ccccc5)C(C)C4)n23)c1. The van der Waals surface area contributed by atoms with Gasteiger partial charge in [-0.15, -0.1) is 10.2 Å². The maximum atomic E-state index is 13.2. The molecule has 1 unspecified atom stereocenters. The van der Waals surface area contributed by atoms with Gasteiger partial charge in [0, 0.05) is 42.2 Å². The van der Waals surface area contributed by atoms with E-state index >= 15 is 0 Å². The number of carbonyl (C=O) groups excluding carboxylic acids is 1. The third-order valence-corrected chi connectivity index (χ3v) is 6.75. The van der Waals surface area contributed by atoms with E-state index in [0.717, 1.165) is 33.8 Å². The van der Waals surface area contributed by atoms with E-state index in [4.69, 9.17) is 9.72 Å². The number of amides is 1. The highest BCUT2D eigenvalue weighted by atomic mass is 16.5. The summed E-state index contributed by atoms with van der Waals surface area (Å²) < 4.78 is 7.47. The number of para-hydroxylation sites is 1. The zero-order chi connectivity index (χ0) is 24.6. The van der Waals surface area contributed by atoms with Gasteiger partial charge in [0.25, 0.3) is 5.91 Å². The molecule has 6 rings (SSSR count). The van der Waals surface area contributed by atoms with Crippen LogP contribution in [0, 0.1) is 0 Å². The van der Waals surface area contributed by atoms with E-state index in [1.807, 2.05) is 88.2 Å². The van der Waals surface area contributed by atoms with Crippen LogP contribution in [0.2, 0.25) is 0 Å². The molecule has 8 heteroatoms. The average Bonchev–Trinajstić information content (AvgIpc) is 3.38. The number of anilines is 1. The van der Waals surface area contributed by atoms with Gasteiger partial charge in [0.2, 0.25) is 5.95 Å². The van der Waals surface area contributed by atoms with Gasteiger partial charge < -0.3 is 14.5 Å². The van der Waals surface area contributed by atoms with Crippen molar-refractivity contribution in [3.05, 3.63) is 84.4 Å². The summed E-state index contributed by atoms with van der Waals surface area (Å²) in [5.41, 5.74) is 3.22. The molecule has 2 aromatic heterocycles. The fourth-order valence-electron chi connectivity index (χ4n) is 4.91. The number of aromatic nitrogens is 4. The summed E-state index contributed by atoms with van der Waals surface area (Å²) in [6, 6.07) is 25.2. The van der Waals surface area contributed by atoms with Gasteiger partial charge in [0.05, 0.1) is 12.6 Å². The molecule has 5 aromatic rings. The highest BCUT2D eigenvalue weighted by Crippen LogP contribution is 2.31. The Labute approximate surface area is 208 Å². The van der Waals surface area contributed by atoms with Crippen molar-refractivity contribution in [2.75, 3.05) is 31.6 Å². The Bertz CT molecular complexity index is 1560. The molecule has 3 aromatic carbocycles. The lowest BCUT2D eigenvalue weighted by Crippen LogP contribution is -2.54. The zero-order valence-electron chi connectivity index (χ0n) is 20.2. The van der Waals surface area contributed by atoms with Crippen LogP contribution in [0.1, 0.15) is 17.3 Å². The fraction of sp³-hybridized carbons (Fsp3) is 0.214. The highest BCUT2D eigenvalue weighted by Gasteiger charge is 2.31. The summed E-state index contributed by atoms with van der Waals surface area (Å²) in [5, 5.41) is 10.1. The first-order valence-electron chi connectivity index (χ1n) is 12.0. The fourth-order valence-corrected chi connectivity index (χ4v) is 4.91. The van der Waals surface area contributed by atoms with Crippen molar-refractivity contribution >= 4 is 28.4 Å². The number of fused-ring (bicyclic) bond motifs is 3. The van der Waals surface area contributed by atoms with Crippen LogP contribution in [0.5, 0.6) is 5.75 Å². The smallest absolute Gasteiger partial charge is 0.254 e. The van der Waals surface area contributed by atoms with Gasteiger partial charge in [-0.3, -0.25) is 4.79 Å². The Morgan fingerprint density at radius 1 is 0.944 bits per heavy atom. The van der Waals surface area contributed by atoms with E-state index in [1.165, 1.54) is 0 Å². The number of ether oxygens (including phenoxy) is 1. The zero-order valence-corrected chi connectivity index (χ0v) is 20.2. The Morgan fingerprint density at radius 2 is 1.75 bits per heavy atom. The predicted molar refractivity (Wildman–Crippen MR) is 139 cm³/mol. The molecule has 0 spiro atoms. The molecular formula is C28H26N6O2. The van der Waals surface area contributed by atoms with E-state index < -0.39 is 0 Å². The van der Waals surface area contributed by atoms with Crippen LogP contribution < -0.4 is 9.64 Å². The molecule has 1 amide bonds. The quantitative estimate of drug-likeness (QED) is 0.383. The van der Waals surface area contributed by atoms with Gasteiger partial charge in [-0.1, -0.05) is 42.5 Å². The van der Waals surface area contributed by atoms with Gasteiger partial charge in [-0.2, -0.15) is 0 Å². The lowest BCUT2D eigenvalue weighted by Gasteiger charge is -2.40. The summed E-state index contributed by atoms with van der Waals surface area (Å²) >= 11 is 0. The average molecular weight is 479 g/mol. The number of hydrogen-bond donors (Lipinski definition) is 0. The van der Waals surface area contributed by atoms with Gasteiger partial charge in [0.1, 0.15) is 5.75 Å². The topological polar surface area (TPSA) is 75.9 Å². The Morgan fingerprint density at radius 3 is 2.56 bits per heavy atom. The molecule has 0 N–H and O–H groups in total. The van der Waals surface area contributed by atoms with Crippen LogP contribution >= 0.6 is 0 Å². The number of nitrogens with zero attached hydrogens (tertiary/aromatic N) is 6. The second kappa shape index (κ2) is 8.96. The highest BCUT2D eigenvalue weighted by molar-refractivity contribution is 5.95. The molecule has 8 nitrogen and oxygen atoms in total. The number of benzene rings is 3. The van der Waals surface area contributed by atoms with Crippen LogP contribution in [0.4, 0.5) is 5.95 Å². The molecule has 1 aliphatic rings. The first-order valence-corrected chi connectivity index (χ1v) is 12.0. The Balaban J connectivity index is 1.43. The molecule has 36 heavy (non-hydrogen) atoms. The molecule has 3 heterocycles. The molecule has 180 valence electrons. The lowest BCUT2D eigenvalue weighted by molar-refractivity contribution is 0.0673. The van der Waals surface area contributed by atoms with E-state index in [9.17, 15) is 4.79 Å². The van der Waals surface area contributed by atoms with E-state index in [1.54, 1.807) is 7.11 Å². The number of piperazine rings is 1. The van der Waals surface area contributed by atoms with Crippen molar-refractivity contribution in [1.29, 1.82) is 0 Å². The van der Waals surface area contributed by atoms with Crippen molar-refractivity contribution in [3.63, 3.8) is 0 Å². The van der Waals surface area contributed by atoms with Crippen molar-refractivity contribution in [1.82, 2.24) is 24.5 Å². The van der Waals surface area contributed by atoms with Crippen LogP contribution in [-0.2, 0) is 0 Å². The van der Waals surface area contributed by atoms with E-state index in [-0.39, 0.29) is 11.9 Å². The van der Waals surface area contributed by atoms with Gasteiger partial charge in [-0.25, -0.2) is 9.38 Å². The molecule has 1 saturated heterocycles. The van der Waals surface area contributed by atoms with E-state index in [2.05, 4.69) is 22.0 Å². The first kappa shape index (κ1) is 22.0. The molecule has 0 saturated carbocycles. The van der Waals surface area contributed by atoms with Crippen molar-refractivity contribution in [2.45, 2.75) is 13.0 Å². The van der Waals surface area contributed by atoms with E-state index in [0.29, 0.717) is 31.0 Å². The number of hydrogen-bond acceptors (Lipinski definition) is 6. The summed E-state index contributed by atoms with van der Waals surface area (Å²) in [7, 11) is 1.65. The molecule has 0 radical (unpaired) electrons.